The van der Waals surface area contributed by atoms with Gasteiger partial charge in [0.25, 0.3) is 0 Å². The predicted molar refractivity (Wildman–Crippen MR) is 125 cm³/mol. The molecule has 1 aliphatic carbocycles. The Kier molecular flexibility index (Phi) is 6.27. The van der Waals surface area contributed by atoms with Crippen LogP contribution >= 0.6 is 0 Å². The average molecular weight is 494 g/mol. The fraction of sp³-hybridized carbons (Fsp3) is 0.600. The van der Waals surface area contributed by atoms with E-state index >= 15 is 0 Å². The zero-order chi connectivity index (χ0) is 24.9. The Morgan fingerprint density at radius 3 is 2.63 bits per heavy atom. The quantitative estimate of drug-likeness (QED) is 0.459. The second kappa shape index (κ2) is 9.11. The van der Waals surface area contributed by atoms with Gasteiger partial charge in [-0.15, -0.1) is 0 Å². The highest BCUT2D eigenvalue weighted by atomic mass is 19.3. The van der Waals surface area contributed by atoms with Crippen LogP contribution < -0.4 is 15.4 Å². The van der Waals surface area contributed by atoms with Gasteiger partial charge in [-0.3, -0.25) is 4.90 Å². The van der Waals surface area contributed by atoms with Gasteiger partial charge in [-0.1, -0.05) is 6.92 Å². The van der Waals surface area contributed by atoms with E-state index in [0.717, 1.165) is 44.8 Å². The van der Waals surface area contributed by atoms with Crippen molar-refractivity contribution in [2.75, 3.05) is 17.2 Å². The molecule has 1 aromatic carbocycles. The molecule has 0 bridgehead atoms. The standard InChI is InChI=1S/C25H31F4N5O/c1-13-19(11-25(2,3)34-8-4-5-20(13)34)31-22-17(27)12-30-24(33-22)32-18-10-21(35-23(28)29)15(9-16(18)26)14-6-7-14/h9-10,12-14,19-20,23H,4-8,11H2,1-3H3,(H2,30,31,32,33). The molecule has 2 aromatic rings. The number of piperidine rings is 1. The van der Waals surface area contributed by atoms with E-state index in [1.807, 2.05) is 0 Å². The Balaban J connectivity index is 1.37. The van der Waals surface area contributed by atoms with E-state index in [1.165, 1.54) is 12.1 Å². The Hall–Kier alpha value is -2.62. The number of hydrogen-bond donors (Lipinski definition) is 2. The van der Waals surface area contributed by atoms with E-state index in [4.69, 9.17) is 0 Å². The lowest BCUT2D eigenvalue weighted by Crippen LogP contribution is -2.59. The van der Waals surface area contributed by atoms with Crippen molar-refractivity contribution in [3.8, 4) is 5.75 Å². The number of aromatic nitrogens is 2. The van der Waals surface area contributed by atoms with Gasteiger partial charge in [0.15, 0.2) is 11.6 Å². The number of nitrogens with zero attached hydrogens (tertiary/aromatic N) is 3. The van der Waals surface area contributed by atoms with Crippen LogP contribution in [-0.2, 0) is 0 Å². The fourth-order valence-electron chi connectivity index (χ4n) is 5.78. The highest BCUT2D eigenvalue weighted by molar-refractivity contribution is 5.61. The maximum absolute atomic E-state index is 14.8. The molecule has 1 aromatic heterocycles. The number of rotatable bonds is 7. The molecular formula is C25H31F4N5O. The van der Waals surface area contributed by atoms with Crippen molar-refractivity contribution < 1.29 is 22.3 Å². The summed E-state index contributed by atoms with van der Waals surface area (Å²) in [5.74, 6) is -1.03. The lowest BCUT2D eigenvalue weighted by atomic mass is 9.77. The second-order valence-electron chi connectivity index (χ2n) is 10.6. The van der Waals surface area contributed by atoms with Crippen LogP contribution in [0.5, 0.6) is 5.75 Å². The topological polar surface area (TPSA) is 62.3 Å². The summed E-state index contributed by atoms with van der Waals surface area (Å²) >= 11 is 0. The highest BCUT2D eigenvalue weighted by Gasteiger charge is 2.47. The van der Waals surface area contributed by atoms with Gasteiger partial charge in [-0.05, 0) is 70.4 Å². The molecule has 3 unspecified atom stereocenters. The van der Waals surface area contributed by atoms with E-state index in [0.29, 0.717) is 11.6 Å². The van der Waals surface area contributed by atoms with Crippen LogP contribution in [0.2, 0.25) is 0 Å². The first-order valence-electron chi connectivity index (χ1n) is 12.2. The second-order valence-corrected chi connectivity index (χ2v) is 10.6. The summed E-state index contributed by atoms with van der Waals surface area (Å²) in [4.78, 5) is 10.7. The van der Waals surface area contributed by atoms with Crippen LogP contribution in [-0.4, -0.2) is 45.6 Å². The normalized spacial score (nSPS) is 26.0. The minimum Gasteiger partial charge on any atom is -0.434 e. The van der Waals surface area contributed by atoms with Crippen LogP contribution in [0, 0.1) is 17.6 Å². The number of hydrogen-bond acceptors (Lipinski definition) is 6. The Morgan fingerprint density at radius 2 is 1.91 bits per heavy atom. The monoisotopic (exact) mass is 493 g/mol. The van der Waals surface area contributed by atoms with Gasteiger partial charge in [0.05, 0.1) is 11.9 Å². The maximum atomic E-state index is 14.8. The zero-order valence-electron chi connectivity index (χ0n) is 20.1. The maximum Gasteiger partial charge on any atom is 0.387 e. The van der Waals surface area contributed by atoms with Crippen LogP contribution in [0.15, 0.2) is 18.3 Å². The molecule has 3 aliphatic rings. The van der Waals surface area contributed by atoms with Crippen LogP contribution in [0.3, 0.4) is 0 Å². The van der Waals surface area contributed by atoms with E-state index in [-0.39, 0.29) is 46.6 Å². The molecule has 1 saturated carbocycles. The van der Waals surface area contributed by atoms with Crippen molar-refractivity contribution in [2.24, 2.45) is 5.92 Å². The third-order valence-electron chi connectivity index (χ3n) is 7.68. The van der Waals surface area contributed by atoms with Gasteiger partial charge in [-0.25, -0.2) is 13.8 Å². The summed E-state index contributed by atoms with van der Waals surface area (Å²) in [6, 6.07) is 2.82. The van der Waals surface area contributed by atoms with Crippen LogP contribution in [0.25, 0.3) is 0 Å². The van der Waals surface area contributed by atoms with Gasteiger partial charge in [-0.2, -0.15) is 13.8 Å². The molecule has 2 N–H and O–H groups in total. The van der Waals surface area contributed by atoms with Gasteiger partial charge in [0, 0.05) is 29.3 Å². The molecule has 3 fully saturated rings. The predicted octanol–water partition coefficient (Wildman–Crippen LogP) is 6.04. The third kappa shape index (κ3) is 4.90. The first kappa shape index (κ1) is 24.1. The van der Waals surface area contributed by atoms with Gasteiger partial charge in [0.1, 0.15) is 11.6 Å². The van der Waals surface area contributed by atoms with Crippen LogP contribution in [0.4, 0.5) is 35.0 Å². The van der Waals surface area contributed by atoms with Crippen molar-refractivity contribution in [3.05, 3.63) is 35.5 Å². The molecular weight excluding hydrogens is 462 g/mol. The number of fused-ring (bicyclic) bond motifs is 1. The number of ether oxygens (including phenoxy) is 1. The number of nitrogens with one attached hydrogen (secondary N) is 2. The average Bonchev–Trinajstić information content (AvgIpc) is 3.50. The molecule has 10 heteroatoms. The molecule has 0 amide bonds. The molecule has 35 heavy (non-hydrogen) atoms. The number of halogens is 4. The summed E-state index contributed by atoms with van der Waals surface area (Å²) in [7, 11) is 0. The summed E-state index contributed by atoms with van der Waals surface area (Å²) < 4.78 is 59.9. The van der Waals surface area contributed by atoms with Gasteiger partial charge in [0.2, 0.25) is 5.95 Å². The smallest absolute Gasteiger partial charge is 0.387 e. The molecule has 5 rings (SSSR count). The van der Waals surface area contributed by atoms with E-state index in [9.17, 15) is 17.6 Å². The Labute approximate surface area is 202 Å². The fourth-order valence-corrected chi connectivity index (χ4v) is 5.78. The van der Waals surface area contributed by atoms with Crippen molar-refractivity contribution in [3.63, 3.8) is 0 Å². The molecule has 190 valence electrons. The molecule has 3 atom stereocenters. The van der Waals surface area contributed by atoms with E-state index in [1.54, 1.807) is 0 Å². The number of alkyl halides is 2. The van der Waals surface area contributed by atoms with Crippen LogP contribution in [0.1, 0.15) is 64.4 Å². The van der Waals surface area contributed by atoms with E-state index < -0.39 is 18.2 Å². The molecule has 0 radical (unpaired) electrons. The number of anilines is 3. The minimum atomic E-state index is -3.03. The van der Waals surface area contributed by atoms with Crippen molar-refractivity contribution in [1.82, 2.24) is 14.9 Å². The molecule has 3 heterocycles. The summed E-state index contributed by atoms with van der Waals surface area (Å²) in [6.45, 7) is 4.65. The Bertz CT molecular complexity index is 1090. The lowest BCUT2D eigenvalue weighted by Gasteiger charge is -2.51. The molecule has 0 spiro atoms. The summed E-state index contributed by atoms with van der Waals surface area (Å²) in [5, 5.41) is 5.97. The largest absolute Gasteiger partial charge is 0.434 e. The van der Waals surface area contributed by atoms with Crippen molar-refractivity contribution >= 4 is 17.5 Å². The molecule has 6 nitrogen and oxygen atoms in total. The van der Waals surface area contributed by atoms with E-state index in [2.05, 4.69) is 51.0 Å². The highest BCUT2D eigenvalue weighted by Crippen LogP contribution is 2.46. The SMILES string of the molecule is CC1C(Nc2nc(Nc3cc(OC(F)F)c(C4CC4)cc3F)ncc2F)CC(C)(C)N2CCCC12. The zero-order valence-corrected chi connectivity index (χ0v) is 20.1. The lowest BCUT2D eigenvalue weighted by molar-refractivity contribution is -0.0504. The minimum absolute atomic E-state index is 0.00204. The summed E-state index contributed by atoms with van der Waals surface area (Å²) in [5.41, 5.74) is 0.283. The summed E-state index contributed by atoms with van der Waals surface area (Å²) in [6.07, 6.45) is 5.71. The first-order valence-corrected chi connectivity index (χ1v) is 12.2. The van der Waals surface area contributed by atoms with Crippen molar-refractivity contribution in [2.45, 2.75) is 83.0 Å². The molecule has 2 saturated heterocycles. The third-order valence-corrected chi connectivity index (χ3v) is 7.68. The Morgan fingerprint density at radius 1 is 1.14 bits per heavy atom. The first-order chi connectivity index (χ1) is 16.6. The van der Waals surface area contributed by atoms with Gasteiger partial charge < -0.3 is 15.4 Å². The number of benzene rings is 1. The van der Waals surface area contributed by atoms with Crippen molar-refractivity contribution in [1.29, 1.82) is 0 Å². The molecule has 2 aliphatic heterocycles. The van der Waals surface area contributed by atoms with Gasteiger partial charge >= 0.3 is 6.61 Å².